The molecule has 1 aliphatic carbocycles. The van der Waals surface area contributed by atoms with E-state index in [9.17, 15) is 19.2 Å². The first-order chi connectivity index (χ1) is 16.5. The van der Waals surface area contributed by atoms with E-state index >= 15 is 0 Å². The van der Waals surface area contributed by atoms with E-state index in [0.717, 1.165) is 0 Å². The highest BCUT2D eigenvalue weighted by Gasteiger charge is 2.33. The number of amides is 2. The van der Waals surface area contributed by atoms with Crippen LogP contribution in [0.25, 0.3) is 0 Å². The van der Waals surface area contributed by atoms with Crippen LogP contribution < -0.4 is 10.6 Å². The fourth-order valence-electron chi connectivity index (χ4n) is 3.98. The molecule has 0 aromatic heterocycles. The quantitative estimate of drug-likeness (QED) is 0.408. The Morgan fingerprint density at radius 3 is 1.59 bits per heavy atom. The molecule has 4 aromatic rings. The zero-order valence-electron chi connectivity index (χ0n) is 17.9. The van der Waals surface area contributed by atoms with Crippen molar-refractivity contribution in [2.75, 3.05) is 10.6 Å². The van der Waals surface area contributed by atoms with E-state index in [2.05, 4.69) is 10.6 Å². The standard InChI is InChI=1S/C28H18N2O4/c31-25-19-13-7-8-14-20(19)26(32)23-21(25)15-16-22(29-27(33)17-9-3-1-4-10-17)24(23)30-28(34)18-11-5-2-6-12-18/h1-16H,(H,29,33)(H,30,34). The topological polar surface area (TPSA) is 92.3 Å². The van der Waals surface area contributed by atoms with Gasteiger partial charge in [-0.1, -0.05) is 60.7 Å². The number of rotatable bonds is 4. The van der Waals surface area contributed by atoms with Crippen molar-refractivity contribution in [2.24, 2.45) is 0 Å². The molecular formula is C28H18N2O4. The molecule has 0 fully saturated rings. The molecule has 6 heteroatoms. The summed E-state index contributed by atoms with van der Waals surface area (Å²) in [5, 5.41) is 5.54. The highest BCUT2D eigenvalue weighted by molar-refractivity contribution is 6.32. The van der Waals surface area contributed by atoms with Gasteiger partial charge in [0.15, 0.2) is 11.6 Å². The van der Waals surface area contributed by atoms with Crippen LogP contribution in [0.2, 0.25) is 0 Å². The van der Waals surface area contributed by atoms with E-state index in [0.29, 0.717) is 16.7 Å². The molecule has 0 aliphatic heterocycles. The minimum absolute atomic E-state index is 0.0545. The Balaban J connectivity index is 1.63. The molecule has 4 aromatic carbocycles. The number of ketones is 2. The molecule has 6 nitrogen and oxygen atoms in total. The van der Waals surface area contributed by atoms with E-state index in [1.807, 2.05) is 0 Å². The third kappa shape index (κ3) is 3.67. The number of hydrogen-bond acceptors (Lipinski definition) is 4. The third-order valence-corrected chi connectivity index (χ3v) is 5.65. The molecule has 0 heterocycles. The number of hydrogen-bond donors (Lipinski definition) is 2. The van der Waals surface area contributed by atoms with Crippen LogP contribution in [0.1, 0.15) is 52.6 Å². The minimum atomic E-state index is -0.469. The van der Waals surface area contributed by atoms with E-state index < -0.39 is 17.6 Å². The first-order valence-corrected chi connectivity index (χ1v) is 10.6. The van der Waals surface area contributed by atoms with Crippen LogP contribution in [-0.4, -0.2) is 23.4 Å². The molecule has 164 valence electrons. The minimum Gasteiger partial charge on any atom is -0.320 e. The van der Waals surface area contributed by atoms with E-state index in [-0.39, 0.29) is 33.8 Å². The van der Waals surface area contributed by atoms with Crippen LogP contribution in [0.4, 0.5) is 11.4 Å². The van der Waals surface area contributed by atoms with Crippen molar-refractivity contribution >= 4 is 34.8 Å². The van der Waals surface area contributed by atoms with Gasteiger partial charge in [-0.25, -0.2) is 0 Å². The number of nitrogens with one attached hydrogen (secondary N) is 2. The molecule has 2 N–H and O–H groups in total. The molecule has 5 rings (SSSR count). The largest absolute Gasteiger partial charge is 0.320 e. The molecule has 34 heavy (non-hydrogen) atoms. The summed E-state index contributed by atoms with van der Waals surface area (Å²) in [6.07, 6.45) is 0. The summed E-state index contributed by atoms with van der Waals surface area (Å²) in [5.41, 5.74) is 1.87. The fraction of sp³-hybridized carbons (Fsp3) is 0. The van der Waals surface area contributed by atoms with Gasteiger partial charge in [-0.3, -0.25) is 19.2 Å². The van der Waals surface area contributed by atoms with E-state index in [4.69, 9.17) is 0 Å². The predicted molar refractivity (Wildman–Crippen MR) is 129 cm³/mol. The number of carbonyl (C=O) groups excluding carboxylic acids is 4. The lowest BCUT2D eigenvalue weighted by Crippen LogP contribution is -2.25. The van der Waals surface area contributed by atoms with Crippen molar-refractivity contribution < 1.29 is 19.2 Å². The van der Waals surface area contributed by atoms with Gasteiger partial charge in [0.25, 0.3) is 11.8 Å². The molecule has 0 atom stereocenters. The van der Waals surface area contributed by atoms with Crippen molar-refractivity contribution in [3.05, 3.63) is 130 Å². The second-order valence-electron chi connectivity index (χ2n) is 7.75. The van der Waals surface area contributed by atoms with Crippen molar-refractivity contribution in [3.63, 3.8) is 0 Å². The molecule has 0 unspecified atom stereocenters. The number of anilines is 2. The van der Waals surface area contributed by atoms with Gasteiger partial charge in [0, 0.05) is 27.8 Å². The van der Waals surface area contributed by atoms with Gasteiger partial charge in [-0.2, -0.15) is 0 Å². The van der Waals surface area contributed by atoms with Crippen LogP contribution in [0.3, 0.4) is 0 Å². The molecule has 0 saturated carbocycles. The molecule has 0 saturated heterocycles. The lowest BCUT2D eigenvalue weighted by atomic mass is 9.82. The zero-order chi connectivity index (χ0) is 23.7. The monoisotopic (exact) mass is 446 g/mol. The first kappa shape index (κ1) is 21.0. The lowest BCUT2D eigenvalue weighted by molar-refractivity contribution is 0.0978. The van der Waals surface area contributed by atoms with Gasteiger partial charge in [0.1, 0.15) is 0 Å². The molecule has 2 amide bonds. The maximum Gasteiger partial charge on any atom is 0.255 e. The number of benzene rings is 4. The Kier molecular flexibility index (Phi) is 5.32. The highest BCUT2D eigenvalue weighted by Crippen LogP contribution is 2.37. The Morgan fingerprint density at radius 1 is 0.500 bits per heavy atom. The Bertz CT molecular complexity index is 1460. The Labute approximate surface area is 195 Å². The smallest absolute Gasteiger partial charge is 0.255 e. The van der Waals surface area contributed by atoms with Crippen LogP contribution in [-0.2, 0) is 0 Å². The van der Waals surface area contributed by atoms with Crippen LogP contribution >= 0.6 is 0 Å². The van der Waals surface area contributed by atoms with Crippen molar-refractivity contribution in [3.8, 4) is 0 Å². The maximum atomic E-state index is 13.5. The van der Waals surface area contributed by atoms with Gasteiger partial charge in [-0.05, 0) is 36.4 Å². The van der Waals surface area contributed by atoms with Crippen LogP contribution in [0.5, 0.6) is 0 Å². The lowest BCUT2D eigenvalue weighted by Gasteiger charge is -2.23. The molecule has 0 bridgehead atoms. The van der Waals surface area contributed by atoms with Crippen molar-refractivity contribution in [1.82, 2.24) is 0 Å². The normalized spacial score (nSPS) is 11.9. The van der Waals surface area contributed by atoms with Crippen molar-refractivity contribution in [2.45, 2.75) is 0 Å². The SMILES string of the molecule is O=C(Nc1ccc2c(c1NC(=O)c1ccccc1)C(=O)c1ccccc1C2=O)c1ccccc1. The van der Waals surface area contributed by atoms with Gasteiger partial charge in [0.2, 0.25) is 0 Å². The van der Waals surface area contributed by atoms with E-state index in [1.165, 1.54) is 12.1 Å². The summed E-state index contributed by atoms with van der Waals surface area (Å²) >= 11 is 0. The van der Waals surface area contributed by atoms with E-state index in [1.54, 1.807) is 84.9 Å². The van der Waals surface area contributed by atoms with Crippen LogP contribution in [0.15, 0.2) is 97.1 Å². The third-order valence-electron chi connectivity index (χ3n) is 5.65. The fourth-order valence-corrected chi connectivity index (χ4v) is 3.98. The molecular weight excluding hydrogens is 428 g/mol. The van der Waals surface area contributed by atoms with Gasteiger partial charge in [0.05, 0.1) is 16.9 Å². The van der Waals surface area contributed by atoms with Gasteiger partial charge >= 0.3 is 0 Å². The van der Waals surface area contributed by atoms with Crippen molar-refractivity contribution in [1.29, 1.82) is 0 Å². The summed E-state index contributed by atoms with van der Waals surface area (Å²) in [7, 11) is 0. The summed E-state index contributed by atoms with van der Waals surface area (Å²) in [4.78, 5) is 52.5. The Hall–Kier alpha value is -4.84. The second kappa shape index (κ2) is 8.60. The average Bonchev–Trinajstić information content (AvgIpc) is 2.89. The summed E-state index contributed by atoms with van der Waals surface area (Å²) < 4.78 is 0. The summed E-state index contributed by atoms with van der Waals surface area (Å²) in [5.74, 6) is -1.60. The van der Waals surface area contributed by atoms with Gasteiger partial charge in [-0.15, -0.1) is 0 Å². The second-order valence-corrected chi connectivity index (χ2v) is 7.75. The molecule has 0 spiro atoms. The van der Waals surface area contributed by atoms with Crippen LogP contribution in [0, 0.1) is 0 Å². The molecule has 0 radical (unpaired) electrons. The predicted octanol–water partition coefficient (Wildman–Crippen LogP) is 4.97. The number of fused-ring (bicyclic) bond motifs is 2. The summed E-state index contributed by atoms with van der Waals surface area (Å²) in [6.45, 7) is 0. The Morgan fingerprint density at radius 2 is 1.00 bits per heavy atom. The maximum absolute atomic E-state index is 13.5. The zero-order valence-corrected chi connectivity index (χ0v) is 17.9. The average molecular weight is 446 g/mol. The van der Waals surface area contributed by atoms with Gasteiger partial charge < -0.3 is 10.6 Å². The first-order valence-electron chi connectivity index (χ1n) is 10.6. The number of carbonyl (C=O) groups is 4. The summed E-state index contributed by atoms with van der Waals surface area (Å²) in [6, 6.07) is 26.7. The molecule has 1 aliphatic rings. The highest BCUT2D eigenvalue weighted by atomic mass is 16.2.